The van der Waals surface area contributed by atoms with Crippen molar-refractivity contribution >= 4 is 11.5 Å². The summed E-state index contributed by atoms with van der Waals surface area (Å²) in [5.41, 5.74) is 6.45. The van der Waals surface area contributed by atoms with Crippen LogP contribution >= 0.6 is 0 Å². The summed E-state index contributed by atoms with van der Waals surface area (Å²) in [7, 11) is 0. The van der Waals surface area contributed by atoms with Crippen molar-refractivity contribution in [3.8, 4) is 0 Å². The molecular formula is C9H16N4. The molecule has 0 bridgehead atoms. The third kappa shape index (κ3) is 1.88. The van der Waals surface area contributed by atoms with Gasteiger partial charge in [0.2, 0.25) is 0 Å². The quantitative estimate of drug-likeness (QED) is 0.642. The molecule has 4 heteroatoms. The van der Waals surface area contributed by atoms with E-state index in [1.807, 2.05) is 0 Å². The van der Waals surface area contributed by atoms with E-state index in [-0.39, 0.29) is 5.41 Å². The molecule has 0 aromatic rings. The van der Waals surface area contributed by atoms with E-state index in [2.05, 4.69) is 32.5 Å². The van der Waals surface area contributed by atoms with E-state index in [1.165, 1.54) is 5.01 Å². The van der Waals surface area contributed by atoms with Crippen LogP contribution in [0.4, 0.5) is 0 Å². The lowest BCUT2D eigenvalue weighted by molar-refractivity contribution is 0.532. The Morgan fingerprint density at radius 2 is 2.15 bits per heavy atom. The summed E-state index contributed by atoms with van der Waals surface area (Å²) >= 11 is 0. The number of hydrogen-bond donors (Lipinski definition) is 2. The van der Waals surface area contributed by atoms with E-state index in [0.29, 0.717) is 18.1 Å². The first kappa shape index (κ1) is 9.77. The summed E-state index contributed by atoms with van der Waals surface area (Å²) in [5, 5.41) is 13.2. The molecule has 0 aliphatic carbocycles. The van der Waals surface area contributed by atoms with Crippen LogP contribution in [0.15, 0.2) is 17.5 Å². The van der Waals surface area contributed by atoms with Crippen LogP contribution in [0, 0.1) is 10.8 Å². The van der Waals surface area contributed by atoms with Crippen LogP contribution in [0.25, 0.3) is 0 Å². The number of hydrogen-bond acceptors (Lipinski definition) is 3. The first-order valence-corrected chi connectivity index (χ1v) is 4.22. The van der Waals surface area contributed by atoms with Crippen molar-refractivity contribution in [3.05, 3.63) is 12.4 Å². The molecule has 0 radical (unpaired) electrons. The maximum Gasteiger partial charge on any atom is 0.130 e. The highest BCUT2D eigenvalue weighted by Crippen LogP contribution is 2.25. The maximum atomic E-state index is 7.62. The van der Waals surface area contributed by atoms with E-state index in [4.69, 9.17) is 11.1 Å². The largest absolute Gasteiger partial charge is 0.384 e. The number of nitrogens with one attached hydrogen (secondary N) is 1. The first-order chi connectivity index (χ1) is 5.82. The molecule has 4 nitrogen and oxygen atoms in total. The molecule has 0 spiro atoms. The second kappa shape index (κ2) is 2.87. The van der Waals surface area contributed by atoms with Gasteiger partial charge in [0.05, 0.1) is 5.71 Å². The number of amidine groups is 1. The smallest absolute Gasteiger partial charge is 0.130 e. The summed E-state index contributed by atoms with van der Waals surface area (Å²) in [4.78, 5) is 0. The lowest BCUT2D eigenvalue weighted by atomic mass is 9.88. The molecule has 1 aliphatic rings. The summed E-state index contributed by atoms with van der Waals surface area (Å²) in [6.45, 7) is 9.77. The second-order valence-electron chi connectivity index (χ2n) is 4.22. The Bertz CT molecular complexity index is 282. The van der Waals surface area contributed by atoms with Gasteiger partial charge in [0.15, 0.2) is 0 Å². The van der Waals surface area contributed by atoms with Crippen molar-refractivity contribution in [3.63, 3.8) is 0 Å². The number of hydrazone groups is 1. The Morgan fingerprint density at radius 3 is 2.38 bits per heavy atom. The minimum atomic E-state index is -0.00347. The minimum Gasteiger partial charge on any atom is -0.384 e. The summed E-state index contributed by atoms with van der Waals surface area (Å²) in [5.74, 6) is 0.710. The van der Waals surface area contributed by atoms with Crippen LogP contribution in [0.1, 0.15) is 27.2 Å². The Balaban J connectivity index is 2.90. The topological polar surface area (TPSA) is 65.5 Å². The third-order valence-electron chi connectivity index (χ3n) is 1.95. The van der Waals surface area contributed by atoms with E-state index < -0.39 is 0 Å². The zero-order valence-electron chi connectivity index (χ0n) is 8.39. The average Bonchev–Trinajstić information content (AvgIpc) is 2.29. The van der Waals surface area contributed by atoms with Crippen molar-refractivity contribution in [2.75, 3.05) is 0 Å². The van der Waals surface area contributed by atoms with Crippen LogP contribution in [0.2, 0.25) is 0 Å². The standard InChI is InChI=1S/C9H16N4/c1-6(10)13-8(11)5-7(12-13)9(2,3)4/h11H,1,5,10H2,2-4H3. The molecule has 13 heavy (non-hydrogen) atoms. The Hall–Kier alpha value is -1.32. The molecule has 0 amide bonds. The van der Waals surface area contributed by atoms with E-state index >= 15 is 0 Å². The van der Waals surface area contributed by atoms with Crippen LogP contribution in [-0.2, 0) is 0 Å². The fourth-order valence-corrected chi connectivity index (χ4v) is 1.10. The maximum absolute atomic E-state index is 7.62. The van der Waals surface area contributed by atoms with Crippen LogP contribution in [-0.4, -0.2) is 16.6 Å². The molecule has 0 saturated heterocycles. The van der Waals surface area contributed by atoms with Gasteiger partial charge in [-0.1, -0.05) is 27.4 Å². The summed E-state index contributed by atoms with van der Waals surface area (Å²) in [6.07, 6.45) is 0.569. The van der Waals surface area contributed by atoms with Gasteiger partial charge >= 0.3 is 0 Å². The third-order valence-corrected chi connectivity index (χ3v) is 1.95. The van der Waals surface area contributed by atoms with Gasteiger partial charge in [0, 0.05) is 11.8 Å². The van der Waals surface area contributed by atoms with Gasteiger partial charge in [0.1, 0.15) is 11.7 Å². The number of nitrogens with two attached hydrogens (primary N) is 1. The van der Waals surface area contributed by atoms with Crippen LogP contribution in [0.3, 0.4) is 0 Å². The summed E-state index contributed by atoms with van der Waals surface area (Å²) in [6, 6.07) is 0. The minimum absolute atomic E-state index is 0.00347. The van der Waals surface area contributed by atoms with Crippen molar-refractivity contribution in [1.29, 1.82) is 5.41 Å². The molecule has 0 aromatic heterocycles. The van der Waals surface area contributed by atoms with Crippen LogP contribution < -0.4 is 5.73 Å². The lowest BCUT2D eigenvalue weighted by Crippen LogP contribution is -2.23. The zero-order chi connectivity index (χ0) is 10.2. The fraction of sp³-hybridized carbons (Fsp3) is 0.556. The Morgan fingerprint density at radius 1 is 1.62 bits per heavy atom. The normalized spacial score (nSPS) is 17.6. The van der Waals surface area contributed by atoms with Crippen molar-refractivity contribution in [2.24, 2.45) is 16.3 Å². The molecule has 0 aromatic carbocycles. The molecule has 0 atom stereocenters. The fourth-order valence-electron chi connectivity index (χ4n) is 1.10. The molecule has 1 heterocycles. The number of nitrogens with zero attached hydrogens (tertiary/aromatic N) is 2. The van der Waals surface area contributed by atoms with Gasteiger partial charge < -0.3 is 5.73 Å². The summed E-state index contributed by atoms with van der Waals surface area (Å²) < 4.78 is 0. The van der Waals surface area contributed by atoms with Crippen molar-refractivity contribution < 1.29 is 0 Å². The van der Waals surface area contributed by atoms with Crippen molar-refractivity contribution in [1.82, 2.24) is 5.01 Å². The molecular weight excluding hydrogens is 164 g/mol. The molecule has 0 fully saturated rings. The molecule has 0 saturated carbocycles. The molecule has 3 N–H and O–H groups in total. The second-order valence-corrected chi connectivity index (χ2v) is 4.22. The monoisotopic (exact) mass is 180 g/mol. The molecule has 0 unspecified atom stereocenters. The van der Waals surface area contributed by atoms with Crippen LogP contribution in [0.5, 0.6) is 0 Å². The predicted octanol–water partition coefficient (Wildman–Crippen LogP) is 1.50. The predicted molar refractivity (Wildman–Crippen MR) is 54.4 cm³/mol. The first-order valence-electron chi connectivity index (χ1n) is 4.22. The number of rotatable bonds is 1. The highest BCUT2D eigenvalue weighted by molar-refractivity contribution is 6.08. The van der Waals surface area contributed by atoms with E-state index in [9.17, 15) is 0 Å². The van der Waals surface area contributed by atoms with Crippen molar-refractivity contribution in [2.45, 2.75) is 27.2 Å². The Labute approximate surface area is 78.6 Å². The van der Waals surface area contributed by atoms with E-state index in [1.54, 1.807) is 0 Å². The highest BCUT2D eigenvalue weighted by atomic mass is 15.5. The van der Waals surface area contributed by atoms with Gasteiger partial charge in [0.25, 0.3) is 0 Å². The SMILES string of the molecule is C=C(N)N1N=C(C(C)(C)C)CC1=N. The van der Waals surface area contributed by atoms with Gasteiger partial charge in [-0.15, -0.1) is 0 Å². The zero-order valence-corrected chi connectivity index (χ0v) is 8.39. The van der Waals surface area contributed by atoms with Gasteiger partial charge in [-0.2, -0.15) is 5.10 Å². The lowest BCUT2D eigenvalue weighted by Gasteiger charge is -2.16. The van der Waals surface area contributed by atoms with E-state index in [0.717, 1.165) is 5.71 Å². The molecule has 1 rings (SSSR count). The average molecular weight is 180 g/mol. The van der Waals surface area contributed by atoms with Gasteiger partial charge in [-0.3, -0.25) is 5.41 Å². The van der Waals surface area contributed by atoms with Gasteiger partial charge in [-0.25, -0.2) is 5.01 Å². The molecule has 1 aliphatic heterocycles. The Kier molecular flexibility index (Phi) is 2.15. The highest BCUT2D eigenvalue weighted by Gasteiger charge is 2.29. The van der Waals surface area contributed by atoms with Gasteiger partial charge in [-0.05, 0) is 0 Å². The molecule has 72 valence electrons.